The quantitative estimate of drug-likeness (QED) is 0.532. The molecule has 4 N–H and O–H groups in total. The van der Waals surface area contributed by atoms with Crippen molar-refractivity contribution in [3.63, 3.8) is 0 Å². The molecular formula is C10H17N3O5. The number of morpholine rings is 1. The molecule has 0 aliphatic carbocycles. The van der Waals surface area contributed by atoms with Gasteiger partial charge in [0.25, 0.3) is 0 Å². The molecule has 1 fully saturated rings. The van der Waals surface area contributed by atoms with E-state index in [9.17, 15) is 14.4 Å². The van der Waals surface area contributed by atoms with Crippen LogP contribution in [-0.2, 0) is 14.3 Å². The van der Waals surface area contributed by atoms with Gasteiger partial charge in [-0.05, 0) is 6.42 Å². The third kappa shape index (κ3) is 4.58. The van der Waals surface area contributed by atoms with Crippen LogP contribution in [0.5, 0.6) is 0 Å². The lowest BCUT2D eigenvalue weighted by Gasteiger charge is -2.30. The standard InChI is InChI=1S/C10H17N3O5/c11-8(14)2-1-3-12-10(17)13-4-5-18-7(6-13)9(15)16/h7H,1-6H2,(H2,11,14)(H,12,17)(H,15,16). The first kappa shape index (κ1) is 14.2. The fraction of sp³-hybridized carbons (Fsp3) is 0.700. The number of amides is 3. The van der Waals surface area contributed by atoms with Crippen LogP contribution in [0.25, 0.3) is 0 Å². The zero-order valence-electron chi connectivity index (χ0n) is 9.92. The van der Waals surface area contributed by atoms with E-state index in [-0.39, 0.29) is 25.6 Å². The zero-order chi connectivity index (χ0) is 13.5. The normalized spacial score (nSPS) is 19.3. The minimum atomic E-state index is -1.08. The topological polar surface area (TPSA) is 122 Å². The molecule has 0 radical (unpaired) electrons. The summed E-state index contributed by atoms with van der Waals surface area (Å²) in [6.45, 7) is 0.908. The summed E-state index contributed by atoms with van der Waals surface area (Å²) in [6.07, 6.45) is -0.301. The van der Waals surface area contributed by atoms with Crippen molar-refractivity contribution < 1.29 is 24.2 Å². The van der Waals surface area contributed by atoms with Crippen molar-refractivity contribution in [3.8, 4) is 0 Å². The molecule has 0 aromatic carbocycles. The van der Waals surface area contributed by atoms with Crippen molar-refractivity contribution in [3.05, 3.63) is 0 Å². The van der Waals surface area contributed by atoms with Crippen LogP contribution in [0, 0.1) is 0 Å². The van der Waals surface area contributed by atoms with Gasteiger partial charge in [0.2, 0.25) is 5.91 Å². The third-order valence-corrected chi connectivity index (χ3v) is 2.51. The number of nitrogens with two attached hydrogens (primary N) is 1. The Kier molecular flexibility index (Phi) is 5.37. The predicted molar refractivity (Wildman–Crippen MR) is 60.8 cm³/mol. The van der Waals surface area contributed by atoms with E-state index < -0.39 is 18.0 Å². The number of rotatable bonds is 5. The van der Waals surface area contributed by atoms with Crippen LogP contribution in [0.15, 0.2) is 0 Å². The minimum Gasteiger partial charge on any atom is -0.479 e. The van der Waals surface area contributed by atoms with Crippen molar-refractivity contribution in [2.75, 3.05) is 26.2 Å². The molecule has 1 aliphatic heterocycles. The van der Waals surface area contributed by atoms with Crippen LogP contribution < -0.4 is 11.1 Å². The maximum absolute atomic E-state index is 11.7. The molecule has 18 heavy (non-hydrogen) atoms. The van der Waals surface area contributed by atoms with Gasteiger partial charge in [0, 0.05) is 19.5 Å². The smallest absolute Gasteiger partial charge is 0.334 e. The second-order valence-electron chi connectivity index (χ2n) is 3.95. The van der Waals surface area contributed by atoms with Gasteiger partial charge in [0.05, 0.1) is 13.2 Å². The van der Waals surface area contributed by atoms with Gasteiger partial charge >= 0.3 is 12.0 Å². The van der Waals surface area contributed by atoms with Crippen molar-refractivity contribution in [2.24, 2.45) is 5.73 Å². The van der Waals surface area contributed by atoms with Crippen LogP contribution in [-0.4, -0.2) is 60.3 Å². The number of carbonyl (C=O) groups is 3. The van der Waals surface area contributed by atoms with Gasteiger partial charge < -0.3 is 25.8 Å². The maximum Gasteiger partial charge on any atom is 0.334 e. The van der Waals surface area contributed by atoms with Crippen LogP contribution in [0.2, 0.25) is 0 Å². The summed E-state index contributed by atoms with van der Waals surface area (Å²) in [5.74, 6) is -1.50. The van der Waals surface area contributed by atoms with Crippen LogP contribution in [0.3, 0.4) is 0 Å². The summed E-state index contributed by atoms with van der Waals surface area (Å²) in [4.78, 5) is 34.2. The van der Waals surface area contributed by atoms with E-state index in [1.54, 1.807) is 0 Å². The fourth-order valence-electron chi connectivity index (χ4n) is 1.55. The predicted octanol–water partition coefficient (Wildman–Crippen LogP) is -1.25. The number of carboxylic acids is 1. The number of nitrogens with one attached hydrogen (secondary N) is 1. The van der Waals surface area contributed by atoms with E-state index in [2.05, 4.69) is 5.32 Å². The SMILES string of the molecule is NC(=O)CCCNC(=O)N1CCOC(C(=O)O)C1. The highest BCUT2D eigenvalue weighted by atomic mass is 16.5. The Hall–Kier alpha value is -1.83. The van der Waals surface area contributed by atoms with E-state index in [0.717, 1.165) is 0 Å². The number of carbonyl (C=O) groups excluding carboxylic acids is 2. The Morgan fingerprint density at radius 3 is 2.78 bits per heavy atom. The number of ether oxygens (including phenoxy) is 1. The molecule has 0 spiro atoms. The number of primary amides is 1. The van der Waals surface area contributed by atoms with Gasteiger partial charge in [-0.3, -0.25) is 4.79 Å². The lowest BCUT2D eigenvalue weighted by atomic mass is 10.3. The molecule has 3 amide bonds. The third-order valence-electron chi connectivity index (χ3n) is 2.51. The molecule has 0 aromatic rings. The highest BCUT2D eigenvalue weighted by Crippen LogP contribution is 2.05. The summed E-state index contributed by atoms with van der Waals surface area (Å²) in [7, 11) is 0. The average Bonchev–Trinajstić information content (AvgIpc) is 2.34. The fourth-order valence-corrected chi connectivity index (χ4v) is 1.55. The Labute approximate surface area is 104 Å². The molecule has 1 atom stereocenters. The highest BCUT2D eigenvalue weighted by Gasteiger charge is 2.28. The van der Waals surface area contributed by atoms with Crippen molar-refractivity contribution in [1.29, 1.82) is 0 Å². The summed E-state index contributed by atoms with van der Waals surface area (Å²) < 4.78 is 4.99. The lowest BCUT2D eigenvalue weighted by molar-refractivity contribution is -0.154. The number of carboxylic acid groups (broad SMARTS) is 1. The van der Waals surface area contributed by atoms with E-state index in [1.165, 1.54) is 4.90 Å². The average molecular weight is 259 g/mol. The molecule has 8 heteroatoms. The summed E-state index contributed by atoms with van der Waals surface area (Å²) in [5.41, 5.74) is 4.96. The van der Waals surface area contributed by atoms with Gasteiger partial charge in [-0.2, -0.15) is 0 Å². The largest absolute Gasteiger partial charge is 0.479 e. The van der Waals surface area contributed by atoms with Gasteiger partial charge in [0.15, 0.2) is 6.10 Å². The number of hydrogen-bond acceptors (Lipinski definition) is 4. The molecule has 8 nitrogen and oxygen atoms in total. The van der Waals surface area contributed by atoms with Gasteiger partial charge in [-0.25, -0.2) is 9.59 Å². The van der Waals surface area contributed by atoms with Crippen LogP contribution in [0.1, 0.15) is 12.8 Å². The first-order valence-corrected chi connectivity index (χ1v) is 5.66. The van der Waals surface area contributed by atoms with Gasteiger partial charge in [-0.15, -0.1) is 0 Å². The highest BCUT2D eigenvalue weighted by molar-refractivity contribution is 5.77. The van der Waals surface area contributed by atoms with Crippen molar-refractivity contribution in [2.45, 2.75) is 18.9 Å². The molecule has 0 bridgehead atoms. The summed E-state index contributed by atoms with van der Waals surface area (Å²) >= 11 is 0. The second-order valence-corrected chi connectivity index (χ2v) is 3.95. The molecule has 1 unspecified atom stereocenters. The van der Waals surface area contributed by atoms with Crippen molar-refractivity contribution in [1.82, 2.24) is 10.2 Å². The minimum absolute atomic E-state index is 0.0248. The van der Waals surface area contributed by atoms with E-state index in [4.69, 9.17) is 15.6 Å². The molecule has 1 heterocycles. The zero-order valence-corrected chi connectivity index (χ0v) is 9.92. The number of nitrogens with zero attached hydrogens (tertiary/aromatic N) is 1. The number of urea groups is 1. The molecule has 1 rings (SSSR count). The number of hydrogen-bond donors (Lipinski definition) is 3. The first-order valence-electron chi connectivity index (χ1n) is 5.66. The first-order chi connectivity index (χ1) is 8.50. The Morgan fingerprint density at radius 1 is 1.44 bits per heavy atom. The summed E-state index contributed by atoms with van der Waals surface area (Å²) in [6, 6.07) is -0.353. The van der Waals surface area contributed by atoms with Crippen LogP contribution >= 0.6 is 0 Å². The van der Waals surface area contributed by atoms with Crippen molar-refractivity contribution >= 4 is 17.9 Å². The summed E-state index contributed by atoms with van der Waals surface area (Å²) in [5, 5.41) is 11.4. The van der Waals surface area contributed by atoms with E-state index in [0.29, 0.717) is 19.5 Å². The second kappa shape index (κ2) is 6.80. The van der Waals surface area contributed by atoms with Gasteiger partial charge in [0.1, 0.15) is 0 Å². The molecule has 1 saturated heterocycles. The molecule has 102 valence electrons. The molecular weight excluding hydrogens is 242 g/mol. The van der Waals surface area contributed by atoms with Crippen LogP contribution in [0.4, 0.5) is 4.79 Å². The number of aliphatic carboxylic acids is 1. The van der Waals surface area contributed by atoms with E-state index >= 15 is 0 Å². The maximum atomic E-state index is 11.7. The molecule has 0 saturated carbocycles. The van der Waals surface area contributed by atoms with E-state index in [1.807, 2.05) is 0 Å². The monoisotopic (exact) mass is 259 g/mol. The molecule has 1 aliphatic rings. The Morgan fingerprint density at radius 2 is 2.17 bits per heavy atom. The van der Waals surface area contributed by atoms with Gasteiger partial charge in [-0.1, -0.05) is 0 Å². The Balaban J connectivity index is 2.28. The lowest BCUT2D eigenvalue weighted by Crippen LogP contribution is -2.51. The Bertz CT molecular complexity index is 333. The molecule has 0 aromatic heterocycles.